The smallest absolute Gasteiger partial charge is 0.239 e. The summed E-state index contributed by atoms with van der Waals surface area (Å²) in [4.78, 5) is 23.9. The highest BCUT2D eigenvalue weighted by atomic mass is 79.9. The summed E-state index contributed by atoms with van der Waals surface area (Å²) in [6, 6.07) is 7.54. The molecule has 1 saturated heterocycles. The van der Waals surface area contributed by atoms with Gasteiger partial charge >= 0.3 is 0 Å². The molecule has 1 aromatic carbocycles. The third kappa shape index (κ3) is 4.36. The van der Waals surface area contributed by atoms with Crippen LogP contribution >= 0.6 is 15.9 Å². The molecule has 1 aliphatic heterocycles. The Morgan fingerprint density at radius 2 is 2.08 bits per heavy atom. The van der Waals surface area contributed by atoms with Gasteiger partial charge in [-0.25, -0.2) is 8.42 Å². The maximum atomic E-state index is 12.1. The molecule has 1 aromatic rings. The van der Waals surface area contributed by atoms with E-state index in [2.05, 4.69) is 26.6 Å². The average molecular weight is 415 g/mol. The highest BCUT2D eigenvalue weighted by Gasteiger charge is 2.44. The number of hydrogen-bond donors (Lipinski definition) is 2. The van der Waals surface area contributed by atoms with Crippen LogP contribution in [0.2, 0.25) is 0 Å². The van der Waals surface area contributed by atoms with E-state index in [4.69, 9.17) is 0 Å². The zero-order valence-electron chi connectivity index (χ0n) is 13.0. The Morgan fingerprint density at radius 1 is 1.29 bits per heavy atom. The van der Waals surface area contributed by atoms with E-state index in [-0.39, 0.29) is 47.7 Å². The summed E-state index contributed by atoms with van der Waals surface area (Å²) in [6.07, 6.45) is 1.22. The summed E-state index contributed by atoms with van der Waals surface area (Å²) in [5, 5.41) is 5.30. The van der Waals surface area contributed by atoms with Crippen molar-refractivity contribution in [1.82, 2.24) is 10.6 Å². The molecule has 8 heteroatoms. The molecule has 0 aromatic heterocycles. The standard InChI is InChI=1S/C16H19BrN2O4S/c17-11-3-1-2-10(6-11)13-7-14(13)16(21)18-8-15(20)19-12-4-5-24(22,23)9-12/h1-3,6,12-14H,4-5,7-9H2,(H,18,21)(H,19,20)/t12-,13-,14-/m1/s1. The zero-order chi connectivity index (χ0) is 17.3. The normalized spacial score (nSPS) is 27.5. The highest BCUT2D eigenvalue weighted by molar-refractivity contribution is 9.10. The quantitative estimate of drug-likeness (QED) is 0.750. The van der Waals surface area contributed by atoms with Crippen molar-refractivity contribution in [2.45, 2.75) is 24.8 Å². The largest absolute Gasteiger partial charge is 0.351 e. The van der Waals surface area contributed by atoms with E-state index in [1.807, 2.05) is 24.3 Å². The topological polar surface area (TPSA) is 92.3 Å². The molecule has 6 nitrogen and oxygen atoms in total. The Bertz CT molecular complexity index is 765. The van der Waals surface area contributed by atoms with E-state index in [1.54, 1.807) is 0 Å². The van der Waals surface area contributed by atoms with Crippen molar-refractivity contribution in [3.05, 3.63) is 34.3 Å². The first-order valence-corrected chi connectivity index (χ1v) is 10.5. The van der Waals surface area contributed by atoms with Crippen molar-refractivity contribution in [3.63, 3.8) is 0 Å². The number of carbonyl (C=O) groups excluding carboxylic acids is 2. The van der Waals surface area contributed by atoms with Gasteiger partial charge in [0.2, 0.25) is 11.8 Å². The van der Waals surface area contributed by atoms with Crippen LogP contribution in [0.1, 0.15) is 24.3 Å². The molecule has 1 saturated carbocycles. The predicted octanol–water partition coefficient (Wildman–Crippen LogP) is 0.972. The lowest BCUT2D eigenvalue weighted by Crippen LogP contribution is -2.42. The maximum Gasteiger partial charge on any atom is 0.239 e. The molecule has 1 heterocycles. The minimum Gasteiger partial charge on any atom is -0.351 e. The molecule has 24 heavy (non-hydrogen) atoms. The van der Waals surface area contributed by atoms with E-state index < -0.39 is 9.84 Å². The van der Waals surface area contributed by atoms with Crippen LogP contribution in [0, 0.1) is 5.92 Å². The van der Waals surface area contributed by atoms with Crippen molar-refractivity contribution in [1.29, 1.82) is 0 Å². The van der Waals surface area contributed by atoms with Crippen LogP contribution in [0.25, 0.3) is 0 Å². The molecule has 2 aliphatic rings. The molecular formula is C16H19BrN2O4S. The summed E-state index contributed by atoms with van der Waals surface area (Å²) < 4.78 is 23.7. The summed E-state index contributed by atoms with van der Waals surface area (Å²) in [5.74, 6) is -0.273. The zero-order valence-corrected chi connectivity index (χ0v) is 15.4. The van der Waals surface area contributed by atoms with Gasteiger partial charge in [0.1, 0.15) is 0 Å². The molecule has 2 N–H and O–H groups in total. The molecule has 3 rings (SSSR count). The molecule has 2 amide bonds. The summed E-state index contributed by atoms with van der Waals surface area (Å²) >= 11 is 3.42. The minimum atomic E-state index is -3.02. The van der Waals surface area contributed by atoms with Crippen molar-refractivity contribution >= 4 is 37.6 Å². The molecule has 2 fully saturated rings. The molecule has 0 bridgehead atoms. The number of sulfone groups is 1. The molecule has 0 unspecified atom stereocenters. The first kappa shape index (κ1) is 17.4. The lowest BCUT2D eigenvalue weighted by atomic mass is 10.1. The lowest BCUT2D eigenvalue weighted by Gasteiger charge is -2.11. The van der Waals surface area contributed by atoms with E-state index in [0.717, 1.165) is 16.5 Å². The Kier molecular flexibility index (Phi) is 4.96. The Balaban J connectivity index is 1.43. The third-order valence-corrected chi connectivity index (χ3v) is 6.69. The van der Waals surface area contributed by atoms with Crippen LogP contribution in [0.4, 0.5) is 0 Å². The fraction of sp³-hybridized carbons (Fsp3) is 0.500. The summed E-state index contributed by atoms with van der Waals surface area (Å²) in [7, 11) is -3.02. The minimum absolute atomic E-state index is 0.0136. The van der Waals surface area contributed by atoms with E-state index in [0.29, 0.717) is 6.42 Å². The van der Waals surface area contributed by atoms with Gasteiger partial charge in [0.15, 0.2) is 9.84 Å². The van der Waals surface area contributed by atoms with E-state index in [9.17, 15) is 18.0 Å². The fourth-order valence-corrected chi connectivity index (χ4v) is 5.17. The second kappa shape index (κ2) is 6.84. The number of amides is 2. The number of halogens is 1. The van der Waals surface area contributed by atoms with E-state index >= 15 is 0 Å². The molecular weight excluding hydrogens is 396 g/mol. The number of hydrogen-bond acceptors (Lipinski definition) is 4. The van der Waals surface area contributed by atoms with Crippen LogP contribution in [-0.2, 0) is 19.4 Å². The molecule has 0 spiro atoms. The van der Waals surface area contributed by atoms with Gasteiger partial charge in [-0.05, 0) is 36.5 Å². The Labute approximate surface area is 149 Å². The van der Waals surface area contributed by atoms with Gasteiger partial charge < -0.3 is 10.6 Å². The van der Waals surface area contributed by atoms with Crippen LogP contribution in [0.5, 0.6) is 0 Å². The number of rotatable bonds is 5. The van der Waals surface area contributed by atoms with Gasteiger partial charge in [0.25, 0.3) is 0 Å². The third-order valence-electron chi connectivity index (χ3n) is 4.42. The van der Waals surface area contributed by atoms with E-state index in [1.165, 1.54) is 0 Å². The monoisotopic (exact) mass is 414 g/mol. The van der Waals surface area contributed by atoms with Crippen LogP contribution in [0.3, 0.4) is 0 Å². The van der Waals surface area contributed by atoms with Gasteiger partial charge in [-0.3, -0.25) is 9.59 Å². The number of carbonyl (C=O) groups is 2. The first-order valence-electron chi connectivity index (χ1n) is 7.87. The van der Waals surface area contributed by atoms with Gasteiger partial charge in [0, 0.05) is 16.4 Å². The van der Waals surface area contributed by atoms with Crippen molar-refractivity contribution < 1.29 is 18.0 Å². The van der Waals surface area contributed by atoms with Crippen LogP contribution < -0.4 is 10.6 Å². The molecule has 1 aliphatic carbocycles. The fourth-order valence-electron chi connectivity index (χ4n) is 3.08. The second-order valence-corrected chi connectivity index (χ2v) is 9.53. The van der Waals surface area contributed by atoms with Gasteiger partial charge in [0.05, 0.1) is 18.1 Å². The van der Waals surface area contributed by atoms with Crippen molar-refractivity contribution in [3.8, 4) is 0 Å². The van der Waals surface area contributed by atoms with Crippen molar-refractivity contribution in [2.75, 3.05) is 18.1 Å². The van der Waals surface area contributed by atoms with Gasteiger partial charge in [-0.15, -0.1) is 0 Å². The summed E-state index contributed by atoms with van der Waals surface area (Å²) in [5.41, 5.74) is 1.12. The van der Waals surface area contributed by atoms with Gasteiger partial charge in [-0.1, -0.05) is 28.1 Å². The van der Waals surface area contributed by atoms with Crippen LogP contribution in [-0.4, -0.2) is 44.3 Å². The van der Waals surface area contributed by atoms with Gasteiger partial charge in [-0.2, -0.15) is 0 Å². The lowest BCUT2D eigenvalue weighted by molar-refractivity contribution is -0.127. The Hall–Kier alpha value is -1.41. The van der Waals surface area contributed by atoms with Crippen LogP contribution in [0.15, 0.2) is 28.7 Å². The number of nitrogens with one attached hydrogen (secondary N) is 2. The molecule has 130 valence electrons. The second-order valence-electron chi connectivity index (χ2n) is 6.39. The Morgan fingerprint density at radius 3 is 2.75 bits per heavy atom. The molecule has 0 radical (unpaired) electrons. The predicted molar refractivity (Wildman–Crippen MR) is 93.2 cm³/mol. The average Bonchev–Trinajstić information content (AvgIpc) is 3.24. The molecule has 3 atom stereocenters. The highest BCUT2D eigenvalue weighted by Crippen LogP contribution is 2.47. The number of benzene rings is 1. The first-order chi connectivity index (χ1) is 11.3. The maximum absolute atomic E-state index is 12.1. The van der Waals surface area contributed by atoms with Crippen molar-refractivity contribution in [2.24, 2.45) is 5.92 Å². The summed E-state index contributed by atoms with van der Waals surface area (Å²) in [6.45, 7) is -0.114. The SMILES string of the molecule is O=C(CNC(=O)[C@@H]1C[C@@H]1c1cccc(Br)c1)N[C@@H]1CCS(=O)(=O)C1.